The first-order valence-electron chi connectivity index (χ1n) is 8.46. The summed E-state index contributed by atoms with van der Waals surface area (Å²) in [4.78, 5) is 15.8. The van der Waals surface area contributed by atoms with Crippen molar-refractivity contribution in [3.8, 4) is 0 Å². The highest BCUT2D eigenvalue weighted by Crippen LogP contribution is 2.17. The first-order chi connectivity index (χ1) is 11.8. The fourth-order valence-electron chi connectivity index (χ4n) is 2.93. The summed E-state index contributed by atoms with van der Waals surface area (Å²) < 4.78 is 0. The van der Waals surface area contributed by atoms with Crippen LogP contribution in [0, 0.1) is 0 Å². The maximum Gasteiger partial charge on any atom is 0.230 e. The van der Waals surface area contributed by atoms with Crippen LogP contribution in [-0.2, 0) is 23.6 Å². The molecule has 0 bridgehead atoms. The molecule has 1 amide bonds. The molecule has 0 radical (unpaired) electrons. The Morgan fingerprint density at radius 2 is 2.00 bits per heavy atom. The number of benzene rings is 1. The molecule has 0 unspecified atom stereocenters. The Balaban J connectivity index is 1.39. The number of hydrogen-bond acceptors (Lipinski definition) is 4. The first-order valence-corrected chi connectivity index (χ1v) is 10.5. The van der Waals surface area contributed by atoms with Gasteiger partial charge >= 0.3 is 0 Å². The lowest BCUT2D eigenvalue weighted by Gasteiger charge is -2.15. The summed E-state index contributed by atoms with van der Waals surface area (Å²) >= 11 is 3.41. The minimum Gasteiger partial charge on any atom is -0.351 e. The Kier molecular flexibility index (Phi) is 6.75. The normalized spacial score (nSPS) is 14.8. The maximum absolute atomic E-state index is 12.0. The monoisotopic (exact) mass is 360 g/mol. The second-order valence-corrected chi connectivity index (χ2v) is 8.17. The smallest absolute Gasteiger partial charge is 0.230 e. The standard InChI is InChI=1S/C19H24N2OS2/c22-19(15-23-14-18-7-4-10-24-18)20-12-16-5-3-6-17(11-16)13-21-8-1-2-9-21/h3-7,10-11H,1-2,8-9,12-15H2,(H,20,22). The van der Waals surface area contributed by atoms with Crippen molar-refractivity contribution in [2.75, 3.05) is 18.8 Å². The van der Waals surface area contributed by atoms with Crippen LogP contribution in [0.15, 0.2) is 41.8 Å². The van der Waals surface area contributed by atoms with Gasteiger partial charge in [0.05, 0.1) is 5.75 Å². The van der Waals surface area contributed by atoms with Crippen molar-refractivity contribution in [2.24, 2.45) is 0 Å². The molecule has 128 valence electrons. The van der Waals surface area contributed by atoms with Gasteiger partial charge in [-0.25, -0.2) is 0 Å². The predicted octanol–water partition coefficient (Wildman–Crippen LogP) is 3.89. The van der Waals surface area contributed by atoms with Crippen molar-refractivity contribution < 1.29 is 4.79 Å². The van der Waals surface area contributed by atoms with Crippen LogP contribution in [0.3, 0.4) is 0 Å². The largest absolute Gasteiger partial charge is 0.351 e. The number of rotatable bonds is 8. The third-order valence-corrected chi connectivity index (χ3v) is 6.18. The minimum absolute atomic E-state index is 0.113. The molecule has 2 aromatic rings. The zero-order chi connectivity index (χ0) is 16.6. The van der Waals surface area contributed by atoms with Crippen LogP contribution in [0.1, 0.15) is 28.8 Å². The van der Waals surface area contributed by atoms with Gasteiger partial charge in [-0.1, -0.05) is 30.3 Å². The highest BCUT2D eigenvalue weighted by atomic mass is 32.2. The molecule has 1 saturated heterocycles. The summed E-state index contributed by atoms with van der Waals surface area (Å²) in [5, 5.41) is 5.10. The Morgan fingerprint density at radius 3 is 2.79 bits per heavy atom. The summed E-state index contributed by atoms with van der Waals surface area (Å²) in [7, 11) is 0. The third-order valence-electron chi connectivity index (χ3n) is 4.14. The third kappa shape index (κ3) is 5.65. The summed E-state index contributed by atoms with van der Waals surface area (Å²) in [5.74, 6) is 1.54. The summed E-state index contributed by atoms with van der Waals surface area (Å²) in [5.41, 5.74) is 2.53. The van der Waals surface area contributed by atoms with Gasteiger partial charge in [0.15, 0.2) is 0 Å². The van der Waals surface area contributed by atoms with E-state index >= 15 is 0 Å². The molecular formula is C19H24N2OS2. The molecular weight excluding hydrogens is 336 g/mol. The fraction of sp³-hybridized carbons (Fsp3) is 0.421. The van der Waals surface area contributed by atoms with Gasteiger partial charge in [0.1, 0.15) is 0 Å². The van der Waals surface area contributed by atoms with Gasteiger partial charge in [-0.3, -0.25) is 9.69 Å². The van der Waals surface area contributed by atoms with Crippen LogP contribution < -0.4 is 5.32 Å². The van der Waals surface area contributed by atoms with Crippen LogP contribution in [0.2, 0.25) is 0 Å². The Bertz CT molecular complexity index is 637. The lowest BCUT2D eigenvalue weighted by molar-refractivity contribution is -0.118. The van der Waals surface area contributed by atoms with Crippen molar-refractivity contribution in [1.29, 1.82) is 0 Å². The molecule has 0 aliphatic carbocycles. The quantitative estimate of drug-likeness (QED) is 0.775. The van der Waals surface area contributed by atoms with E-state index in [-0.39, 0.29) is 5.91 Å². The number of thioether (sulfide) groups is 1. The van der Waals surface area contributed by atoms with E-state index in [1.165, 1.54) is 41.9 Å². The zero-order valence-electron chi connectivity index (χ0n) is 13.9. The molecule has 0 atom stereocenters. The van der Waals surface area contributed by atoms with Crippen molar-refractivity contribution >= 4 is 29.0 Å². The molecule has 2 heterocycles. The van der Waals surface area contributed by atoms with Gasteiger partial charge in [0, 0.05) is 23.7 Å². The number of carbonyl (C=O) groups is 1. The van der Waals surface area contributed by atoms with Crippen LogP contribution in [0.5, 0.6) is 0 Å². The number of amides is 1. The van der Waals surface area contributed by atoms with E-state index in [0.29, 0.717) is 12.3 Å². The Labute approximate surface area is 152 Å². The molecule has 1 aliphatic rings. The molecule has 1 fully saturated rings. The number of hydrogen-bond donors (Lipinski definition) is 1. The molecule has 3 nitrogen and oxygen atoms in total. The second kappa shape index (κ2) is 9.25. The molecule has 0 saturated carbocycles. The summed E-state index contributed by atoms with van der Waals surface area (Å²) in [6.45, 7) is 4.07. The molecule has 24 heavy (non-hydrogen) atoms. The van der Waals surface area contributed by atoms with E-state index in [2.05, 4.69) is 52.0 Å². The van der Waals surface area contributed by atoms with Crippen LogP contribution >= 0.6 is 23.1 Å². The number of nitrogens with zero attached hydrogens (tertiary/aromatic N) is 1. The summed E-state index contributed by atoms with van der Waals surface area (Å²) in [6.07, 6.45) is 2.64. The molecule has 1 N–H and O–H groups in total. The predicted molar refractivity (Wildman–Crippen MR) is 103 cm³/mol. The van der Waals surface area contributed by atoms with Gasteiger partial charge < -0.3 is 5.32 Å². The number of nitrogens with one attached hydrogen (secondary N) is 1. The highest BCUT2D eigenvalue weighted by molar-refractivity contribution is 7.99. The lowest BCUT2D eigenvalue weighted by atomic mass is 10.1. The number of thiophene rings is 1. The van der Waals surface area contributed by atoms with Crippen molar-refractivity contribution in [2.45, 2.75) is 31.7 Å². The fourth-order valence-corrected chi connectivity index (χ4v) is 4.63. The minimum atomic E-state index is 0.113. The van der Waals surface area contributed by atoms with Gasteiger partial charge in [-0.15, -0.1) is 23.1 Å². The van der Waals surface area contributed by atoms with E-state index < -0.39 is 0 Å². The van der Waals surface area contributed by atoms with Crippen molar-refractivity contribution in [3.05, 3.63) is 57.8 Å². The Morgan fingerprint density at radius 1 is 1.17 bits per heavy atom. The number of likely N-dealkylation sites (tertiary alicyclic amines) is 1. The van der Waals surface area contributed by atoms with Crippen molar-refractivity contribution in [3.63, 3.8) is 0 Å². The average Bonchev–Trinajstić information content (AvgIpc) is 3.27. The topological polar surface area (TPSA) is 32.3 Å². The average molecular weight is 361 g/mol. The van der Waals surface area contributed by atoms with E-state index in [0.717, 1.165) is 12.3 Å². The first kappa shape index (κ1) is 17.5. The molecule has 1 aromatic heterocycles. The van der Waals surface area contributed by atoms with Gasteiger partial charge in [0.25, 0.3) is 0 Å². The van der Waals surface area contributed by atoms with E-state index in [4.69, 9.17) is 0 Å². The molecule has 3 rings (SSSR count). The van der Waals surface area contributed by atoms with Crippen LogP contribution in [-0.4, -0.2) is 29.6 Å². The van der Waals surface area contributed by atoms with Crippen LogP contribution in [0.4, 0.5) is 0 Å². The van der Waals surface area contributed by atoms with E-state index in [1.54, 1.807) is 23.1 Å². The second-order valence-electron chi connectivity index (χ2n) is 6.15. The van der Waals surface area contributed by atoms with Gasteiger partial charge in [-0.2, -0.15) is 0 Å². The summed E-state index contributed by atoms with van der Waals surface area (Å²) in [6, 6.07) is 12.8. The number of carbonyl (C=O) groups excluding carboxylic acids is 1. The Hall–Kier alpha value is -1.30. The lowest BCUT2D eigenvalue weighted by Crippen LogP contribution is -2.24. The zero-order valence-corrected chi connectivity index (χ0v) is 15.5. The van der Waals surface area contributed by atoms with Crippen molar-refractivity contribution in [1.82, 2.24) is 10.2 Å². The molecule has 1 aliphatic heterocycles. The van der Waals surface area contributed by atoms with E-state index in [1.807, 2.05) is 0 Å². The van der Waals surface area contributed by atoms with E-state index in [9.17, 15) is 4.79 Å². The molecule has 0 spiro atoms. The van der Waals surface area contributed by atoms with Crippen LogP contribution in [0.25, 0.3) is 0 Å². The highest BCUT2D eigenvalue weighted by Gasteiger charge is 2.11. The molecule has 1 aromatic carbocycles. The van der Waals surface area contributed by atoms with Gasteiger partial charge in [0.2, 0.25) is 5.91 Å². The molecule has 5 heteroatoms. The maximum atomic E-state index is 12.0. The van der Waals surface area contributed by atoms with Gasteiger partial charge in [-0.05, 0) is 48.5 Å². The SMILES string of the molecule is O=C(CSCc1cccs1)NCc1cccc(CN2CCCC2)c1.